The third-order valence-electron chi connectivity index (χ3n) is 5.32. The van der Waals surface area contributed by atoms with Gasteiger partial charge in [0.15, 0.2) is 5.78 Å². The Morgan fingerprint density at radius 1 is 0.862 bits per heavy atom. The monoisotopic (exact) mass is 393 g/mol. The molecule has 3 rings (SSSR count). The molecule has 0 radical (unpaired) electrons. The van der Waals surface area contributed by atoms with Crippen molar-refractivity contribution in [3.63, 3.8) is 0 Å². The van der Waals surface area contributed by atoms with Crippen LogP contribution < -0.4 is 5.32 Å². The Labute approximate surface area is 171 Å². The summed E-state index contributed by atoms with van der Waals surface area (Å²) in [5.74, 6) is -0.0612. The predicted molar refractivity (Wildman–Crippen MR) is 113 cm³/mol. The van der Waals surface area contributed by atoms with Gasteiger partial charge in [0.1, 0.15) is 0 Å². The Morgan fingerprint density at radius 2 is 1.55 bits per heavy atom. The second-order valence-corrected chi connectivity index (χ2v) is 7.35. The molecule has 2 aromatic rings. The van der Waals surface area contributed by atoms with Crippen LogP contribution in [-0.2, 0) is 4.79 Å². The van der Waals surface area contributed by atoms with Gasteiger partial charge in [0.25, 0.3) is 5.91 Å². The first-order valence-electron chi connectivity index (χ1n) is 9.96. The molecule has 1 N–H and O–H groups in total. The molecular weight excluding hydrogens is 366 g/mol. The van der Waals surface area contributed by atoms with Crippen molar-refractivity contribution in [3.8, 4) is 0 Å². The van der Waals surface area contributed by atoms with E-state index in [2.05, 4.69) is 10.2 Å². The summed E-state index contributed by atoms with van der Waals surface area (Å²) in [7, 11) is 0. The average molecular weight is 393 g/mol. The van der Waals surface area contributed by atoms with Crippen LogP contribution in [-0.4, -0.2) is 59.6 Å². The molecular formula is C23H27N3O3. The van der Waals surface area contributed by atoms with Crippen LogP contribution in [0.2, 0.25) is 0 Å². The highest BCUT2D eigenvalue weighted by atomic mass is 16.2. The smallest absolute Gasteiger partial charge is 0.253 e. The zero-order valence-electron chi connectivity index (χ0n) is 16.9. The van der Waals surface area contributed by atoms with Crippen LogP contribution in [0.1, 0.15) is 41.0 Å². The van der Waals surface area contributed by atoms with Gasteiger partial charge < -0.3 is 10.2 Å². The summed E-state index contributed by atoms with van der Waals surface area (Å²) >= 11 is 0. The summed E-state index contributed by atoms with van der Waals surface area (Å²) in [5.41, 5.74) is 1.98. The third kappa shape index (κ3) is 5.29. The summed E-state index contributed by atoms with van der Waals surface area (Å²) in [4.78, 5) is 40.7. The Balaban J connectivity index is 1.57. The zero-order valence-corrected chi connectivity index (χ0v) is 16.9. The quantitative estimate of drug-likeness (QED) is 0.793. The summed E-state index contributed by atoms with van der Waals surface area (Å²) in [6, 6.07) is 15.9. The molecule has 1 atom stereocenters. The van der Waals surface area contributed by atoms with E-state index in [1.54, 1.807) is 24.3 Å². The summed E-state index contributed by atoms with van der Waals surface area (Å²) in [5, 5.41) is 2.91. The van der Waals surface area contributed by atoms with Gasteiger partial charge in [-0.05, 0) is 56.7 Å². The lowest BCUT2D eigenvalue weighted by Gasteiger charge is -2.27. The average Bonchev–Trinajstić information content (AvgIpc) is 3.00. The second-order valence-electron chi connectivity index (χ2n) is 7.35. The first-order valence-corrected chi connectivity index (χ1v) is 9.96. The molecule has 1 saturated heterocycles. The molecule has 6 nitrogen and oxygen atoms in total. The van der Waals surface area contributed by atoms with Crippen LogP contribution in [0.15, 0.2) is 54.6 Å². The fraction of sp³-hybridized carbons (Fsp3) is 0.348. The van der Waals surface area contributed by atoms with E-state index < -0.39 is 0 Å². The van der Waals surface area contributed by atoms with Crippen molar-refractivity contribution >= 4 is 23.3 Å². The Kier molecular flexibility index (Phi) is 6.77. The van der Waals surface area contributed by atoms with E-state index in [0.717, 1.165) is 13.0 Å². The maximum atomic E-state index is 12.7. The largest absolute Gasteiger partial charge is 0.337 e. The van der Waals surface area contributed by atoms with Gasteiger partial charge in [-0.15, -0.1) is 0 Å². The van der Waals surface area contributed by atoms with E-state index in [4.69, 9.17) is 0 Å². The number of nitrogens with zero attached hydrogens (tertiary/aromatic N) is 2. The lowest BCUT2D eigenvalue weighted by molar-refractivity contribution is -0.120. The molecule has 0 aliphatic carbocycles. The van der Waals surface area contributed by atoms with E-state index in [1.165, 1.54) is 6.92 Å². The van der Waals surface area contributed by atoms with Gasteiger partial charge in [0.05, 0.1) is 6.04 Å². The summed E-state index contributed by atoms with van der Waals surface area (Å²) < 4.78 is 0. The Bertz CT molecular complexity index is 865. The van der Waals surface area contributed by atoms with Crippen LogP contribution in [0, 0.1) is 0 Å². The molecule has 2 aromatic carbocycles. The highest BCUT2D eigenvalue weighted by Crippen LogP contribution is 2.14. The molecule has 0 saturated carbocycles. The molecule has 1 aliphatic heterocycles. The Hall–Kier alpha value is -2.99. The third-order valence-corrected chi connectivity index (χ3v) is 5.32. The highest BCUT2D eigenvalue weighted by Gasteiger charge is 2.26. The van der Waals surface area contributed by atoms with Crippen molar-refractivity contribution in [3.05, 3.63) is 65.7 Å². The number of anilines is 1. The number of hydrogen-bond donors (Lipinski definition) is 1. The van der Waals surface area contributed by atoms with Crippen molar-refractivity contribution < 1.29 is 14.4 Å². The summed E-state index contributed by atoms with van der Waals surface area (Å²) in [6.45, 7) is 6.09. The molecule has 1 heterocycles. The fourth-order valence-corrected chi connectivity index (χ4v) is 3.49. The van der Waals surface area contributed by atoms with Crippen molar-refractivity contribution in [1.29, 1.82) is 0 Å². The van der Waals surface area contributed by atoms with Crippen molar-refractivity contribution in [2.24, 2.45) is 0 Å². The molecule has 0 aromatic heterocycles. The number of rotatable bonds is 5. The molecule has 0 bridgehead atoms. The molecule has 29 heavy (non-hydrogen) atoms. The molecule has 1 fully saturated rings. The summed E-state index contributed by atoms with van der Waals surface area (Å²) in [6.07, 6.45) is 0.823. The van der Waals surface area contributed by atoms with E-state index in [9.17, 15) is 14.4 Å². The maximum Gasteiger partial charge on any atom is 0.253 e. The van der Waals surface area contributed by atoms with E-state index in [-0.39, 0.29) is 23.6 Å². The van der Waals surface area contributed by atoms with Crippen LogP contribution in [0.3, 0.4) is 0 Å². The lowest BCUT2D eigenvalue weighted by Crippen LogP contribution is -2.44. The minimum Gasteiger partial charge on any atom is -0.337 e. The molecule has 2 amide bonds. The molecule has 6 heteroatoms. The van der Waals surface area contributed by atoms with Crippen molar-refractivity contribution in [2.45, 2.75) is 26.3 Å². The number of nitrogens with one attached hydrogen (secondary N) is 1. The van der Waals surface area contributed by atoms with E-state index >= 15 is 0 Å². The molecule has 1 aliphatic rings. The molecule has 1 unspecified atom stereocenters. The van der Waals surface area contributed by atoms with Crippen molar-refractivity contribution in [1.82, 2.24) is 9.80 Å². The van der Waals surface area contributed by atoms with E-state index in [1.807, 2.05) is 42.2 Å². The van der Waals surface area contributed by atoms with Gasteiger partial charge in [0.2, 0.25) is 5.91 Å². The van der Waals surface area contributed by atoms with Crippen molar-refractivity contribution in [2.75, 3.05) is 31.5 Å². The van der Waals surface area contributed by atoms with Gasteiger partial charge in [-0.2, -0.15) is 0 Å². The number of benzene rings is 2. The van der Waals surface area contributed by atoms with Gasteiger partial charge in [-0.3, -0.25) is 19.3 Å². The van der Waals surface area contributed by atoms with Gasteiger partial charge in [0, 0.05) is 43.0 Å². The van der Waals surface area contributed by atoms with Crippen LogP contribution >= 0.6 is 0 Å². The van der Waals surface area contributed by atoms with E-state index in [0.29, 0.717) is 36.4 Å². The number of hydrogen-bond acceptors (Lipinski definition) is 4. The minimum absolute atomic E-state index is 0.00425. The maximum absolute atomic E-state index is 12.7. The lowest BCUT2D eigenvalue weighted by atomic mass is 10.1. The predicted octanol–water partition coefficient (Wildman–Crippen LogP) is 3.06. The zero-order chi connectivity index (χ0) is 20.8. The SMILES string of the molecule is CC(=O)c1ccc(NC(=O)C(C)N2CCCN(C(=O)c3ccccc3)CC2)cc1. The normalized spacial score (nSPS) is 16.0. The number of ketones is 1. The first-order chi connectivity index (χ1) is 14.0. The van der Waals surface area contributed by atoms with Gasteiger partial charge in [-0.25, -0.2) is 0 Å². The topological polar surface area (TPSA) is 69.7 Å². The number of amides is 2. The molecule has 0 spiro atoms. The number of Topliss-reactive ketones (excluding diaryl/α,β-unsaturated/α-hetero) is 1. The van der Waals surface area contributed by atoms with Crippen LogP contribution in [0.4, 0.5) is 5.69 Å². The van der Waals surface area contributed by atoms with Crippen LogP contribution in [0.5, 0.6) is 0 Å². The second kappa shape index (κ2) is 9.47. The fourth-order valence-electron chi connectivity index (χ4n) is 3.49. The number of carbonyl (C=O) groups is 3. The highest BCUT2D eigenvalue weighted by molar-refractivity contribution is 5.97. The van der Waals surface area contributed by atoms with Gasteiger partial charge >= 0.3 is 0 Å². The molecule has 152 valence electrons. The standard InChI is InChI=1S/C23H27N3O3/c1-17(22(28)24-21-11-9-19(10-12-21)18(2)27)25-13-6-14-26(16-15-25)23(29)20-7-4-3-5-8-20/h3-5,7-12,17H,6,13-16H2,1-2H3,(H,24,28). The Morgan fingerprint density at radius 3 is 2.21 bits per heavy atom. The number of carbonyl (C=O) groups excluding carboxylic acids is 3. The van der Waals surface area contributed by atoms with Crippen LogP contribution in [0.25, 0.3) is 0 Å². The first kappa shape index (κ1) is 20.7. The minimum atomic E-state index is -0.311. The van der Waals surface area contributed by atoms with Gasteiger partial charge in [-0.1, -0.05) is 18.2 Å².